The van der Waals surface area contributed by atoms with E-state index in [9.17, 15) is 4.79 Å². The molecular weight excluding hydrogens is 330 g/mol. The maximum absolute atomic E-state index is 12.8. The van der Waals surface area contributed by atoms with Crippen LogP contribution in [0.5, 0.6) is 11.5 Å². The molecule has 0 saturated carbocycles. The summed E-state index contributed by atoms with van der Waals surface area (Å²) in [5.74, 6) is 1.93. The van der Waals surface area contributed by atoms with E-state index in [2.05, 4.69) is 15.3 Å². The predicted molar refractivity (Wildman–Crippen MR) is 96.4 cm³/mol. The molecule has 0 fully saturated rings. The Balaban J connectivity index is 1.56. The molecule has 4 rings (SSSR count). The molecule has 6 nitrogen and oxygen atoms in total. The van der Waals surface area contributed by atoms with Crippen LogP contribution in [0.3, 0.4) is 0 Å². The second-order valence-electron chi connectivity index (χ2n) is 6.04. The first-order valence-electron chi connectivity index (χ1n) is 8.53. The molecule has 2 N–H and O–H groups in total. The number of fused-ring (bicyclic) bond motifs is 1. The molecule has 0 radical (unpaired) electrons. The van der Waals surface area contributed by atoms with Crippen LogP contribution in [0, 0.1) is 0 Å². The SMILES string of the molecule is O=C(N[C@H](Cc1ncc[nH]1)c1ccccc1)c1ccc2c(c1)OCCO2. The number of carbonyl (C=O) groups excluding carboxylic acids is 1. The Hall–Kier alpha value is -3.28. The van der Waals surface area contributed by atoms with Crippen LogP contribution in [0.4, 0.5) is 0 Å². The third kappa shape index (κ3) is 3.54. The highest BCUT2D eigenvalue weighted by atomic mass is 16.6. The quantitative estimate of drug-likeness (QED) is 0.743. The Morgan fingerprint density at radius 2 is 1.92 bits per heavy atom. The molecular formula is C20H19N3O3. The van der Waals surface area contributed by atoms with Crippen molar-refractivity contribution in [3.8, 4) is 11.5 Å². The summed E-state index contributed by atoms with van der Waals surface area (Å²) >= 11 is 0. The number of aromatic amines is 1. The van der Waals surface area contributed by atoms with Gasteiger partial charge in [0.05, 0.1) is 6.04 Å². The minimum Gasteiger partial charge on any atom is -0.486 e. The van der Waals surface area contributed by atoms with E-state index in [4.69, 9.17) is 9.47 Å². The van der Waals surface area contributed by atoms with Gasteiger partial charge in [-0.3, -0.25) is 4.79 Å². The molecule has 26 heavy (non-hydrogen) atoms. The van der Waals surface area contributed by atoms with Crippen molar-refractivity contribution in [2.75, 3.05) is 13.2 Å². The van der Waals surface area contributed by atoms with Crippen molar-refractivity contribution < 1.29 is 14.3 Å². The molecule has 3 aromatic rings. The number of H-pyrrole nitrogens is 1. The molecule has 1 amide bonds. The lowest BCUT2D eigenvalue weighted by atomic mass is 10.0. The van der Waals surface area contributed by atoms with Crippen molar-refractivity contribution in [1.82, 2.24) is 15.3 Å². The maximum Gasteiger partial charge on any atom is 0.251 e. The van der Waals surface area contributed by atoms with E-state index in [1.807, 2.05) is 30.3 Å². The summed E-state index contributed by atoms with van der Waals surface area (Å²) in [6.07, 6.45) is 4.06. The largest absolute Gasteiger partial charge is 0.486 e. The lowest BCUT2D eigenvalue weighted by molar-refractivity contribution is 0.0935. The Labute approximate surface area is 151 Å². The number of imidazole rings is 1. The van der Waals surface area contributed by atoms with Gasteiger partial charge in [-0.25, -0.2) is 4.98 Å². The summed E-state index contributed by atoms with van der Waals surface area (Å²) in [6, 6.07) is 14.9. The molecule has 2 aromatic carbocycles. The van der Waals surface area contributed by atoms with E-state index in [1.54, 1.807) is 30.6 Å². The normalized spacial score (nSPS) is 13.8. The predicted octanol–water partition coefficient (Wildman–Crippen LogP) is 2.89. The van der Waals surface area contributed by atoms with Crippen LogP contribution in [0.1, 0.15) is 27.8 Å². The van der Waals surface area contributed by atoms with Crippen LogP contribution < -0.4 is 14.8 Å². The number of amides is 1. The number of rotatable bonds is 5. The number of hydrogen-bond donors (Lipinski definition) is 2. The maximum atomic E-state index is 12.8. The van der Waals surface area contributed by atoms with Crippen LogP contribution in [-0.2, 0) is 6.42 Å². The summed E-state index contributed by atoms with van der Waals surface area (Å²) in [5.41, 5.74) is 1.56. The van der Waals surface area contributed by atoms with Gasteiger partial charge in [0.2, 0.25) is 0 Å². The number of nitrogens with zero attached hydrogens (tertiary/aromatic N) is 1. The third-order valence-electron chi connectivity index (χ3n) is 4.26. The second kappa shape index (κ2) is 7.31. The molecule has 1 aromatic heterocycles. The standard InChI is InChI=1S/C20H19N3O3/c24-20(15-6-7-17-18(12-15)26-11-10-25-17)23-16(13-19-21-8-9-22-19)14-4-2-1-3-5-14/h1-9,12,16H,10-11,13H2,(H,21,22)(H,23,24)/t16-/m1/s1. The zero-order valence-corrected chi connectivity index (χ0v) is 14.1. The van der Waals surface area contributed by atoms with Gasteiger partial charge in [0.15, 0.2) is 11.5 Å². The van der Waals surface area contributed by atoms with Crippen molar-refractivity contribution in [1.29, 1.82) is 0 Å². The molecule has 2 heterocycles. The van der Waals surface area contributed by atoms with Gasteiger partial charge in [-0.2, -0.15) is 0 Å². The monoisotopic (exact) mass is 349 g/mol. The van der Waals surface area contributed by atoms with Gasteiger partial charge in [-0.05, 0) is 23.8 Å². The van der Waals surface area contributed by atoms with Gasteiger partial charge in [0.25, 0.3) is 5.91 Å². The van der Waals surface area contributed by atoms with E-state index in [0.717, 1.165) is 11.4 Å². The van der Waals surface area contributed by atoms with Crippen molar-refractivity contribution in [2.24, 2.45) is 0 Å². The van der Waals surface area contributed by atoms with Gasteiger partial charge in [0.1, 0.15) is 19.0 Å². The smallest absolute Gasteiger partial charge is 0.251 e. The summed E-state index contributed by atoms with van der Waals surface area (Å²) in [4.78, 5) is 20.2. The lowest BCUT2D eigenvalue weighted by Gasteiger charge is -2.21. The van der Waals surface area contributed by atoms with Crippen molar-refractivity contribution in [3.63, 3.8) is 0 Å². The molecule has 1 atom stereocenters. The zero-order valence-electron chi connectivity index (χ0n) is 14.1. The Kier molecular flexibility index (Phi) is 4.55. The fourth-order valence-corrected chi connectivity index (χ4v) is 2.97. The van der Waals surface area contributed by atoms with Crippen LogP contribution in [-0.4, -0.2) is 29.1 Å². The molecule has 0 bridgehead atoms. The fraction of sp³-hybridized carbons (Fsp3) is 0.200. The second-order valence-corrected chi connectivity index (χ2v) is 6.04. The van der Waals surface area contributed by atoms with Crippen LogP contribution in [0.25, 0.3) is 0 Å². The Morgan fingerprint density at radius 3 is 2.69 bits per heavy atom. The molecule has 0 spiro atoms. The van der Waals surface area contributed by atoms with E-state index in [-0.39, 0.29) is 11.9 Å². The van der Waals surface area contributed by atoms with Crippen LogP contribution in [0.2, 0.25) is 0 Å². The topological polar surface area (TPSA) is 76.2 Å². The van der Waals surface area contributed by atoms with Crippen LogP contribution >= 0.6 is 0 Å². The minimum absolute atomic E-state index is 0.164. The molecule has 132 valence electrons. The van der Waals surface area contributed by atoms with E-state index >= 15 is 0 Å². The number of benzene rings is 2. The molecule has 1 aliphatic rings. The summed E-state index contributed by atoms with van der Waals surface area (Å²) in [6.45, 7) is 1.01. The van der Waals surface area contributed by atoms with Crippen LogP contribution in [0.15, 0.2) is 60.9 Å². The van der Waals surface area contributed by atoms with Crippen molar-refractivity contribution in [2.45, 2.75) is 12.5 Å². The van der Waals surface area contributed by atoms with E-state index < -0.39 is 0 Å². The van der Waals surface area contributed by atoms with Crippen molar-refractivity contribution in [3.05, 3.63) is 77.9 Å². The average molecular weight is 349 g/mol. The summed E-state index contributed by atoms with van der Waals surface area (Å²) in [5, 5.41) is 3.10. The first kappa shape index (κ1) is 16.2. The van der Waals surface area contributed by atoms with E-state index in [0.29, 0.717) is 36.7 Å². The highest BCUT2D eigenvalue weighted by Crippen LogP contribution is 2.31. The first-order valence-corrected chi connectivity index (χ1v) is 8.53. The summed E-state index contributed by atoms with van der Waals surface area (Å²) < 4.78 is 11.1. The summed E-state index contributed by atoms with van der Waals surface area (Å²) in [7, 11) is 0. The Morgan fingerprint density at radius 1 is 1.12 bits per heavy atom. The van der Waals surface area contributed by atoms with Gasteiger partial charge >= 0.3 is 0 Å². The van der Waals surface area contributed by atoms with Gasteiger partial charge < -0.3 is 19.8 Å². The number of hydrogen-bond acceptors (Lipinski definition) is 4. The Bertz CT molecular complexity index is 879. The number of carbonyl (C=O) groups is 1. The van der Waals surface area contributed by atoms with Gasteiger partial charge in [0, 0.05) is 24.4 Å². The third-order valence-corrected chi connectivity index (χ3v) is 4.26. The first-order chi connectivity index (χ1) is 12.8. The van der Waals surface area contributed by atoms with Crippen molar-refractivity contribution >= 4 is 5.91 Å². The van der Waals surface area contributed by atoms with E-state index in [1.165, 1.54) is 0 Å². The molecule has 1 aliphatic heterocycles. The molecule has 6 heteroatoms. The number of nitrogens with one attached hydrogen (secondary N) is 2. The number of ether oxygens (including phenoxy) is 2. The molecule has 0 unspecified atom stereocenters. The highest BCUT2D eigenvalue weighted by Gasteiger charge is 2.19. The molecule has 0 saturated heterocycles. The molecule has 0 aliphatic carbocycles. The fourth-order valence-electron chi connectivity index (χ4n) is 2.97. The lowest BCUT2D eigenvalue weighted by Crippen LogP contribution is -2.30. The minimum atomic E-state index is -0.192. The van der Waals surface area contributed by atoms with Gasteiger partial charge in [-0.1, -0.05) is 30.3 Å². The highest BCUT2D eigenvalue weighted by molar-refractivity contribution is 5.95. The van der Waals surface area contributed by atoms with Gasteiger partial charge in [-0.15, -0.1) is 0 Å². The average Bonchev–Trinajstić information content (AvgIpc) is 3.21. The number of aromatic nitrogens is 2. The zero-order chi connectivity index (χ0) is 17.8.